The van der Waals surface area contributed by atoms with Crippen molar-refractivity contribution in [2.45, 2.75) is 34.2 Å². The van der Waals surface area contributed by atoms with E-state index in [4.69, 9.17) is 10.5 Å². The van der Waals surface area contributed by atoms with Gasteiger partial charge in [0.25, 0.3) is 5.91 Å². The fraction of sp³-hybridized carbons (Fsp3) is 0.692. The Morgan fingerprint density at radius 2 is 2.11 bits per heavy atom. The molecule has 0 bridgehead atoms. The lowest BCUT2D eigenvalue weighted by atomic mass is 10.2. The van der Waals surface area contributed by atoms with Gasteiger partial charge in [-0.25, -0.2) is 0 Å². The molecule has 0 aliphatic heterocycles. The van der Waals surface area contributed by atoms with Crippen LogP contribution in [0.15, 0.2) is 0 Å². The summed E-state index contributed by atoms with van der Waals surface area (Å²) in [6, 6.07) is 0. The third kappa shape index (κ3) is 3.47. The maximum absolute atomic E-state index is 12.5. The molecule has 6 nitrogen and oxygen atoms in total. The molecule has 1 heterocycles. The Morgan fingerprint density at radius 1 is 1.42 bits per heavy atom. The van der Waals surface area contributed by atoms with Crippen molar-refractivity contribution in [3.8, 4) is 0 Å². The number of nitrogens with zero attached hydrogens (tertiary/aromatic N) is 3. The summed E-state index contributed by atoms with van der Waals surface area (Å²) in [6.45, 7) is 10.6. The molecule has 0 unspecified atom stereocenters. The molecule has 0 aliphatic carbocycles. The molecular weight excluding hydrogens is 244 g/mol. The summed E-state index contributed by atoms with van der Waals surface area (Å²) in [5.74, 6) is -0.0813. The van der Waals surface area contributed by atoms with E-state index in [-0.39, 0.29) is 5.91 Å². The molecule has 0 aliphatic rings. The molecule has 0 saturated heterocycles. The van der Waals surface area contributed by atoms with Crippen molar-refractivity contribution >= 4 is 11.6 Å². The van der Waals surface area contributed by atoms with Crippen LogP contribution in [0.2, 0.25) is 0 Å². The molecule has 2 N–H and O–H groups in total. The zero-order chi connectivity index (χ0) is 14.4. The highest BCUT2D eigenvalue weighted by molar-refractivity contribution is 5.98. The van der Waals surface area contributed by atoms with Crippen molar-refractivity contribution in [1.29, 1.82) is 0 Å². The summed E-state index contributed by atoms with van der Waals surface area (Å²) in [7, 11) is 0. The van der Waals surface area contributed by atoms with E-state index in [0.29, 0.717) is 49.9 Å². The van der Waals surface area contributed by atoms with Gasteiger partial charge >= 0.3 is 0 Å². The molecule has 0 aromatic carbocycles. The number of rotatable bonds is 7. The van der Waals surface area contributed by atoms with Gasteiger partial charge < -0.3 is 15.4 Å². The molecule has 1 aromatic heterocycles. The van der Waals surface area contributed by atoms with E-state index in [2.05, 4.69) is 5.10 Å². The van der Waals surface area contributed by atoms with Crippen molar-refractivity contribution in [3.63, 3.8) is 0 Å². The molecule has 108 valence electrons. The monoisotopic (exact) mass is 268 g/mol. The van der Waals surface area contributed by atoms with E-state index in [1.807, 2.05) is 27.7 Å². The van der Waals surface area contributed by atoms with Gasteiger partial charge in [0.15, 0.2) is 0 Å². The van der Waals surface area contributed by atoms with Crippen LogP contribution in [0, 0.1) is 6.92 Å². The average Bonchev–Trinajstić information content (AvgIpc) is 2.70. The minimum absolute atomic E-state index is 0.0813. The van der Waals surface area contributed by atoms with Gasteiger partial charge in [-0.1, -0.05) is 0 Å². The van der Waals surface area contributed by atoms with E-state index in [9.17, 15) is 4.79 Å². The first kappa shape index (κ1) is 15.5. The summed E-state index contributed by atoms with van der Waals surface area (Å²) in [6.07, 6.45) is 0. The van der Waals surface area contributed by atoms with Crippen LogP contribution in [0.3, 0.4) is 0 Å². The van der Waals surface area contributed by atoms with Gasteiger partial charge in [-0.15, -0.1) is 0 Å². The largest absolute Gasteiger partial charge is 0.395 e. The molecule has 19 heavy (non-hydrogen) atoms. The molecular formula is C13H24N4O2. The van der Waals surface area contributed by atoms with Gasteiger partial charge in [0.05, 0.1) is 18.0 Å². The number of hydrogen-bond acceptors (Lipinski definition) is 4. The molecule has 0 radical (unpaired) electrons. The van der Waals surface area contributed by atoms with Crippen LogP contribution in [0.1, 0.15) is 37.0 Å². The van der Waals surface area contributed by atoms with E-state index >= 15 is 0 Å². The Labute approximate surface area is 114 Å². The fourth-order valence-electron chi connectivity index (χ4n) is 1.92. The number of carbonyl (C=O) groups excluding carboxylic acids is 1. The minimum atomic E-state index is -0.0813. The number of amides is 1. The number of aryl methyl sites for hydroxylation is 2. The summed E-state index contributed by atoms with van der Waals surface area (Å²) < 4.78 is 6.96. The Kier molecular flexibility index (Phi) is 5.82. The van der Waals surface area contributed by atoms with Crippen molar-refractivity contribution < 1.29 is 9.53 Å². The molecule has 0 fully saturated rings. The highest BCUT2D eigenvalue weighted by atomic mass is 16.5. The normalized spacial score (nSPS) is 10.7. The van der Waals surface area contributed by atoms with Crippen LogP contribution in [0.5, 0.6) is 0 Å². The van der Waals surface area contributed by atoms with Gasteiger partial charge in [-0.3, -0.25) is 9.48 Å². The van der Waals surface area contributed by atoms with Crippen LogP contribution in [-0.4, -0.2) is 46.9 Å². The second-order valence-corrected chi connectivity index (χ2v) is 4.25. The van der Waals surface area contributed by atoms with Crippen molar-refractivity contribution in [3.05, 3.63) is 11.4 Å². The smallest absolute Gasteiger partial charge is 0.274 e. The molecule has 0 atom stereocenters. The first-order chi connectivity index (χ1) is 9.06. The van der Waals surface area contributed by atoms with E-state index in [1.165, 1.54) is 0 Å². The minimum Gasteiger partial charge on any atom is -0.395 e. The van der Waals surface area contributed by atoms with Crippen molar-refractivity contribution in [1.82, 2.24) is 14.7 Å². The Balaban J connectivity index is 2.90. The fourth-order valence-corrected chi connectivity index (χ4v) is 1.92. The Bertz CT molecular complexity index is 429. The lowest BCUT2D eigenvalue weighted by Crippen LogP contribution is -2.35. The zero-order valence-corrected chi connectivity index (χ0v) is 12.3. The first-order valence-electron chi connectivity index (χ1n) is 6.76. The van der Waals surface area contributed by atoms with E-state index < -0.39 is 0 Å². The molecule has 1 amide bonds. The van der Waals surface area contributed by atoms with Crippen molar-refractivity contribution in [2.75, 3.05) is 32.0 Å². The van der Waals surface area contributed by atoms with Crippen LogP contribution in [-0.2, 0) is 11.3 Å². The van der Waals surface area contributed by atoms with Crippen LogP contribution >= 0.6 is 0 Å². The third-order valence-corrected chi connectivity index (χ3v) is 3.05. The second-order valence-electron chi connectivity index (χ2n) is 4.25. The summed E-state index contributed by atoms with van der Waals surface area (Å²) in [5.41, 5.74) is 7.62. The zero-order valence-electron chi connectivity index (χ0n) is 12.3. The summed E-state index contributed by atoms with van der Waals surface area (Å²) in [4.78, 5) is 14.2. The van der Waals surface area contributed by atoms with Gasteiger partial charge in [0.2, 0.25) is 0 Å². The number of nitrogens with two attached hydrogens (primary N) is 1. The average molecular weight is 268 g/mol. The summed E-state index contributed by atoms with van der Waals surface area (Å²) in [5, 5.41) is 4.28. The van der Waals surface area contributed by atoms with Gasteiger partial charge in [0, 0.05) is 26.2 Å². The topological polar surface area (TPSA) is 73.4 Å². The van der Waals surface area contributed by atoms with Crippen LogP contribution < -0.4 is 5.73 Å². The molecule has 1 aromatic rings. The number of anilines is 1. The maximum atomic E-state index is 12.5. The highest BCUT2D eigenvalue weighted by Crippen LogP contribution is 2.18. The van der Waals surface area contributed by atoms with Crippen molar-refractivity contribution in [2.24, 2.45) is 0 Å². The molecule has 6 heteroatoms. The SMILES string of the molecule is CCOCCN(CC)C(=O)c1c(N)c(C)nn1CC. The first-order valence-corrected chi connectivity index (χ1v) is 6.76. The Morgan fingerprint density at radius 3 is 2.63 bits per heavy atom. The predicted molar refractivity (Wildman–Crippen MR) is 75.1 cm³/mol. The Hall–Kier alpha value is -1.56. The predicted octanol–water partition coefficient (Wildman–Crippen LogP) is 1.29. The quantitative estimate of drug-likeness (QED) is 0.756. The molecule has 0 spiro atoms. The third-order valence-electron chi connectivity index (χ3n) is 3.05. The number of hydrogen-bond donors (Lipinski definition) is 1. The number of carbonyl (C=O) groups is 1. The van der Waals surface area contributed by atoms with Gasteiger partial charge in [-0.2, -0.15) is 5.10 Å². The van der Waals surface area contributed by atoms with E-state index in [1.54, 1.807) is 9.58 Å². The number of ether oxygens (including phenoxy) is 1. The maximum Gasteiger partial charge on any atom is 0.274 e. The highest BCUT2D eigenvalue weighted by Gasteiger charge is 2.23. The number of aromatic nitrogens is 2. The lowest BCUT2D eigenvalue weighted by Gasteiger charge is -2.21. The number of likely N-dealkylation sites (N-methyl/N-ethyl adjacent to an activating group) is 1. The van der Waals surface area contributed by atoms with Gasteiger partial charge in [0.1, 0.15) is 5.69 Å². The molecule has 1 rings (SSSR count). The second kappa shape index (κ2) is 7.13. The van der Waals surface area contributed by atoms with Crippen LogP contribution in [0.4, 0.5) is 5.69 Å². The van der Waals surface area contributed by atoms with Gasteiger partial charge in [-0.05, 0) is 27.7 Å². The van der Waals surface area contributed by atoms with E-state index in [0.717, 1.165) is 0 Å². The summed E-state index contributed by atoms with van der Waals surface area (Å²) >= 11 is 0. The molecule has 0 saturated carbocycles. The number of nitrogen functional groups attached to an aromatic ring is 1. The lowest BCUT2D eigenvalue weighted by molar-refractivity contribution is 0.0659. The van der Waals surface area contributed by atoms with Crippen LogP contribution in [0.25, 0.3) is 0 Å². The standard InChI is InChI=1S/C13H24N4O2/c1-5-16(8-9-19-7-3)13(18)12-11(14)10(4)15-17(12)6-2/h5-9,14H2,1-4H3.